The van der Waals surface area contributed by atoms with Crippen LogP contribution in [0, 0.1) is 0 Å². The van der Waals surface area contributed by atoms with Crippen molar-refractivity contribution in [2.24, 2.45) is 0 Å². The van der Waals surface area contributed by atoms with Crippen molar-refractivity contribution in [2.45, 2.75) is 45.6 Å². The van der Waals surface area contributed by atoms with E-state index in [1.165, 1.54) is 0 Å². The number of amides is 2. The monoisotopic (exact) mass is 409 g/mol. The van der Waals surface area contributed by atoms with Gasteiger partial charge in [0.05, 0.1) is 0 Å². The first-order valence-corrected chi connectivity index (χ1v) is 10.3. The molecular weight excluding hydrogens is 378 g/mol. The molecule has 28 heavy (non-hydrogen) atoms. The number of halogens is 1. The zero-order valence-corrected chi connectivity index (χ0v) is 17.9. The van der Waals surface area contributed by atoms with Crippen LogP contribution in [0.1, 0.15) is 39.2 Å². The third kappa shape index (κ3) is 8.48. The van der Waals surface area contributed by atoms with Gasteiger partial charge in [-0.3, -0.25) is 9.69 Å². The molecule has 7 heteroatoms. The Morgan fingerprint density at radius 3 is 2.54 bits per heavy atom. The van der Waals surface area contributed by atoms with Gasteiger partial charge in [0.25, 0.3) is 0 Å². The van der Waals surface area contributed by atoms with Crippen LogP contribution in [0.2, 0.25) is 5.02 Å². The molecule has 0 aliphatic carbocycles. The van der Waals surface area contributed by atoms with Crippen LogP contribution in [0.3, 0.4) is 0 Å². The molecule has 156 valence electrons. The van der Waals surface area contributed by atoms with E-state index in [0.717, 1.165) is 31.6 Å². The summed E-state index contributed by atoms with van der Waals surface area (Å²) in [5.41, 5.74) is 0.615. The van der Waals surface area contributed by atoms with Crippen molar-refractivity contribution in [3.05, 3.63) is 34.9 Å². The number of nitrogens with zero attached hydrogens (tertiary/aromatic N) is 2. The largest absolute Gasteiger partial charge is 0.444 e. The third-order valence-corrected chi connectivity index (χ3v) is 4.76. The normalized spacial score (nSPS) is 15.4. The second kappa shape index (κ2) is 10.7. The van der Waals surface area contributed by atoms with E-state index in [9.17, 15) is 9.59 Å². The number of piperazine rings is 1. The molecule has 2 amide bonds. The minimum atomic E-state index is -0.459. The summed E-state index contributed by atoms with van der Waals surface area (Å²) >= 11 is 5.96. The van der Waals surface area contributed by atoms with E-state index in [0.29, 0.717) is 37.5 Å². The van der Waals surface area contributed by atoms with Crippen LogP contribution in [-0.4, -0.2) is 66.7 Å². The lowest BCUT2D eigenvalue weighted by Gasteiger charge is -2.35. The van der Waals surface area contributed by atoms with Crippen LogP contribution >= 0.6 is 11.6 Å². The summed E-state index contributed by atoms with van der Waals surface area (Å²) < 4.78 is 5.41. The van der Waals surface area contributed by atoms with Crippen molar-refractivity contribution in [1.82, 2.24) is 15.1 Å². The second-order valence-electron chi connectivity index (χ2n) is 8.14. The topological polar surface area (TPSA) is 61.9 Å². The lowest BCUT2D eigenvalue weighted by atomic mass is 10.1. The molecule has 0 saturated carbocycles. The van der Waals surface area contributed by atoms with E-state index in [1.54, 1.807) is 4.90 Å². The minimum Gasteiger partial charge on any atom is -0.444 e. The van der Waals surface area contributed by atoms with Gasteiger partial charge < -0.3 is 15.0 Å². The first-order chi connectivity index (χ1) is 13.2. The number of carbonyl (C=O) groups is 2. The van der Waals surface area contributed by atoms with Crippen molar-refractivity contribution in [3.63, 3.8) is 0 Å². The molecule has 2 rings (SSSR count). The Labute approximate surface area is 173 Å². The fourth-order valence-corrected chi connectivity index (χ4v) is 3.26. The Bertz CT molecular complexity index is 653. The molecule has 0 unspecified atom stereocenters. The van der Waals surface area contributed by atoms with Gasteiger partial charge in [-0.05, 0) is 57.9 Å². The molecule has 0 radical (unpaired) electrons. The van der Waals surface area contributed by atoms with Gasteiger partial charge in [0, 0.05) is 44.2 Å². The first kappa shape index (κ1) is 22.5. The Kier molecular flexibility index (Phi) is 8.58. The van der Waals surface area contributed by atoms with Crippen molar-refractivity contribution in [1.29, 1.82) is 0 Å². The van der Waals surface area contributed by atoms with Gasteiger partial charge in [0.2, 0.25) is 5.91 Å². The lowest BCUT2D eigenvalue weighted by molar-refractivity contribution is -0.121. The van der Waals surface area contributed by atoms with Gasteiger partial charge in [-0.15, -0.1) is 0 Å². The molecule has 1 heterocycles. The van der Waals surface area contributed by atoms with Gasteiger partial charge in [0.15, 0.2) is 0 Å². The van der Waals surface area contributed by atoms with E-state index in [1.807, 2.05) is 45.0 Å². The molecule has 1 aliphatic rings. The summed E-state index contributed by atoms with van der Waals surface area (Å²) in [6.07, 6.45) is 1.82. The number of hydrogen-bond acceptors (Lipinski definition) is 4. The number of ether oxygens (including phenoxy) is 1. The maximum atomic E-state index is 12.1. The van der Waals surface area contributed by atoms with Crippen LogP contribution in [0.5, 0.6) is 0 Å². The summed E-state index contributed by atoms with van der Waals surface area (Å²) in [5, 5.41) is 3.68. The molecule has 0 spiro atoms. The number of hydrogen-bond donors (Lipinski definition) is 1. The Morgan fingerprint density at radius 2 is 1.89 bits per heavy atom. The van der Waals surface area contributed by atoms with Gasteiger partial charge in [-0.1, -0.05) is 23.7 Å². The molecular formula is C21H32ClN3O3. The van der Waals surface area contributed by atoms with Crippen molar-refractivity contribution < 1.29 is 14.3 Å². The maximum absolute atomic E-state index is 12.1. The summed E-state index contributed by atoms with van der Waals surface area (Å²) in [7, 11) is 0. The predicted molar refractivity (Wildman–Crippen MR) is 112 cm³/mol. The molecule has 1 saturated heterocycles. The number of carbonyl (C=O) groups excluding carboxylic acids is 2. The van der Waals surface area contributed by atoms with Crippen molar-refractivity contribution in [2.75, 3.05) is 39.3 Å². The lowest BCUT2D eigenvalue weighted by Crippen LogP contribution is -2.50. The Hall–Kier alpha value is -1.79. The SMILES string of the molecule is CC(C)(C)OC(=O)N1CCN(CCCNC(=O)CCc2cccc(Cl)c2)CC1. The third-order valence-electron chi connectivity index (χ3n) is 4.53. The highest BCUT2D eigenvalue weighted by molar-refractivity contribution is 6.30. The highest BCUT2D eigenvalue weighted by Gasteiger charge is 2.25. The van der Waals surface area contributed by atoms with Crippen LogP contribution in [0.15, 0.2) is 24.3 Å². The molecule has 1 aromatic carbocycles. The molecule has 0 bridgehead atoms. The number of benzene rings is 1. The molecule has 1 aliphatic heterocycles. The fraction of sp³-hybridized carbons (Fsp3) is 0.619. The maximum Gasteiger partial charge on any atom is 0.410 e. The highest BCUT2D eigenvalue weighted by Crippen LogP contribution is 2.13. The molecule has 1 fully saturated rings. The average Bonchev–Trinajstić information content (AvgIpc) is 2.63. The van der Waals surface area contributed by atoms with Gasteiger partial charge in [0.1, 0.15) is 5.60 Å². The molecule has 6 nitrogen and oxygen atoms in total. The van der Waals surface area contributed by atoms with E-state index in [2.05, 4.69) is 10.2 Å². The zero-order chi connectivity index (χ0) is 20.6. The van der Waals surface area contributed by atoms with Crippen LogP contribution in [-0.2, 0) is 16.0 Å². The van der Waals surface area contributed by atoms with E-state index in [4.69, 9.17) is 16.3 Å². The first-order valence-electron chi connectivity index (χ1n) is 9.94. The van der Waals surface area contributed by atoms with Crippen molar-refractivity contribution in [3.8, 4) is 0 Å². The number of nitrogens with one attached hydrogen (secondary N) is 1. The summed E-state index contributed by atoms with van der Waals surface area (Å²) in [6, 6.07) is 7.61. The zero-order valence-electron chi connectivity index (χ0n) is 17.2. The quantitative estimate of drug-likeness (QED) is 0.701. The number of rotatable bonds is 7. The van der Waals surface area contributed by atoms with Crippen molar-refractivity contribution >= 4 is 23.6 Å². The Balaban J connectivity index is 1.55. The molecule has 1 N–H and O–H groups in total. The molecule has 1 aromatic rings. The minimum absolute atomic E-state index is 0.0646. The van der Waals surface area contributed by atoms with Gasteiger partial charge in [-0.2, -0.15) is 0 Å². The predicted octanol–water partition coefficient (Wildman–Crippen LogP) is 3.33. The smallest absolute Gasteiger partial charge is 0.410 e. The van der Waals surface area contributed by atoms with Gasteiger partial charge >= 0.3 is 6.09 Å². The Morgan fingerprint density at radius 1 is 1.18 bits per heavy atom. The van der Waals surface area contributed by atoms with Crippen LogP contribution in [0.4, 0.5) is 4.79 Å². The van der Waals surface area contributed by atoms with E-state index >= 15 is 0 Å². The summed E-state index contributed by atoms with van der Waals surface area (Å²) in [4.78, 5) is 28.1. The van der Waals surface area contributed by atoms with Crippen LogP contribution in [0.25, 0.3) is 0 Å². The summed E-state index contributed by atoms with van der Waals surface area (Å²) in [5.74, 6) is 0.0646. The van der Waals surface area contributed by atoms with E-state index in [-0.39, 0.29) is 12.0 Å². The van der Waals surface area contributed by atoms with E-state index < -0.39 is 5.60 Å². The highest BCUT2D eigenvalue weighted by atomic mass is 35.5. The number of aryl methyl sites for hydroxylation is 1. The fourth-order valence-electron chi connectivity index (χ4n) is 3.05. The van der Waals surface area contributed by atoms with Gasteiger partial charge in [-0.25, -0.2) is 4.79 Å². The molecule has 0 atom stereocenters. The summed E-state index contributed by atoms with van der Waals surface area (Å²) in [6.45, 7) is 10.3. The van der Waals surface area contributed by atoms with Crippen LogP contribution < -0.4 is 5.32 Å². The molecule has 0 aromatic heterocycles. The average molecular weight is 410 g/mol. The second-order valence-corrected chi connectivity index (χ2v) is 8.58. The standard InChI is InChI=1S/C21H32ClN3O3/c1-21(2,3)28-20(27)25-14-12-24(13-15-25)11-5-10-23-19(26)9-8-17-6-4-7-18(22)16-17/h4,6-7,16H,5,8-15H2,1-3H3,(H,23,26).